The second-order valence-corrected chi connectivity index (χ2v) is 4.52. The molecule has 0 amide bonds. The van der Waals surface area contributed by atoms with E-state index in [9.17, 15) is 0 Å². The fourth-order valence-electron chi connectivity index (χ4n) is 2.21. The minimum atomic E-state index is 0.119. The van der Waals surface area contributed by atoms with Gasteiger partial charge in [-0.1, -0.05) is 23.3 Å². The van der Waals surface area contributed by atoms with Gasteiger partial charge in [-0.2, -0.15) is 4.68 Å². The number of ether oxygens (including phenoxy) is 1. The summed E-state index contributed by atoms with van der Waals surface area (Å²) in [5, 5.41) is 11.5. The van der Waals surface area contributed by atoms with Crippen molar-refractivity contribution in [3.63, 3.8) is 0 Å². The maximum Gasteiger partial charge on any atom is 0.340 e. The van der Waals surface area contributed by atoms with Crippen LogP contribution in [0.1, 0.15) is 19.3 Å². The molecule has 0 spiro atoms. The van der Waals surface area contributed by atoms with Crippen LogP contribution in [0, 0.1) is 0 Å². The first-order valence-corrected chi connectivity index (χ1v) is 6.09. The van der Waals surface area contributed by atoms with E-state index in [1.54, 1.807) is 4.68 Å². The lowest BCUT2D eigenvalue weighted by atomic mass is 10.3. The van der Waals surface area contributed by atoms with Crippen molar-refractivity contribution in [3.8, 4) is 11.7 Å². The molecular formula is C12H15N5O. The number of rotatable bonds is 3. The van der Waals surface area contributed by atoms with Crippen LogP contribution in [-0.4, -0.2) is 32.4 Å². The SMILES string of the molecule is NC1CCC(Oc2nnnn2-c2ccccc2)C1. The number of nitrogens with two attached hydrogens (primary N) is 1. The normalized spacial score (nSPS) is 23.2. The lowest BCUT2D eigenvalue weighted by Crippen LogP contribution is -2.20. The Hall–Kier alpha value is -1.95. The molecule has 1 fully saturated rings. The Morgan fingerprint density at radius 1 is 1.22 bits per heavy atom. The van der Waals surface area contributed by atoms with Gasteiger partial charge in [-0.25, -0.2) is 0 Å². The largest absolute Gasteiger partial charge is 0.459 e. The average Bonchev–Trinajstić information content (AvgIpc) is 3.00. The highest BCUT2D eigenvalue weighted by molar-refractivity contribution is 5.31. The van der Waals surface area contributed by atoms with Gasteiger partial charge in [0.1, 0.15) is 6.10 Å². The Morgan fingerprint density at radius 3 is 2.78 bits per heavy atom. The van der Waals surface area contributed by atoms with E-state index in [1.807, 2.05) is 30.3 Å². The van der Waals surface area contributed by atoms with Crippen molar-refractivity contribution in [3.05, 3.63) is 30.3 Å². The van der Waals surface area contributed by atoms with Gasteiger partial charge in [0, 0.05) is 6.04 Å². The van der Waals surface area contributed by atoms with Crippen LogP contribution >= 0.6 is 0 Å². The van der Waals surface area contributed by atoms with E-state index in [0.29, 0.717) is 6.01 Å². The third-order valence-electron chi connectivity index (χ3n) is 3.14. The summed E-state index contributed by atoms with van der Waals surface area (Å²) in [6, 6.07) is 10.4. The van der Waals surface area contributed by atoms with Gasteiger partial charge in [0.2, 0.25) is 0 Å². The van der Waals surface area contributed by atoms with Crippen molar-refractivity contribution in [1.82, 2.24) is 20.2 Å². The lowest BCUT2D eigenvalue weighted by molar-refractivity contribution is 0.185. The number of hydrogen-bond acceptors (Lipinski definition) is 5. The van der Waals surface area contributed by atoms with Crippen LogP contribution in [0.3, 0.4) is 0 Å². The Balaban J connectivity index is 1.80. The second kappa shape index (κ2) is 4.73. The monoisotopic (exact) mass is 245 g/mol. The smallest absolute Gasteiger partial charge is 0.340 e. The highest BCUT2D eigenvalue weighted by Crippen LogP contribution is 2.23. The summed E-state index contributed by atoms with van der Waals surface area (Å²) < 4.78 is 7.42. The Kier molecular flexibility index (Phi) is 2.93. The van der Waals surface area contributed by atoms with Gasteiger partial charge < -0.3 is 10.5 Å². The summed E-state index contributed by atoms with van der Waals surface area (Å²) in [7, 11) is 0. The number of para-hydroxylation sites is 1. The highest BCUT2D eigenvalue weighted by Gasteiger charge is 2.25. The van der Waals surface area contributed by atoms with Crippen LogP contribution < -0.4 is 10.5 Å². The van der Waals surface area contributed by atoms with Crippen molar-refractivity contribution in [2.24, 2.45) is 5.73 Å². The van der Waals surface area contributed by atoms with Gasteiger partial charge in [-0.15, -0.1) is 0 Å². The van der Waals surface area contributed by atoms with E-state index in [4.69, 9.17) is 10.5 Å². The molecule has 0 aliphatic heterocycles. The summed E-state index contributed by atoms with van der Waals surface area (Å²) in [6.45, 7) is 0. The first-order valence-electron chi connectivity index (χ1n) is 6.09. The lowest BCUT2D eigenvalue weighted by Gasteiger charge is -2.12. The van der Waals surface area contributed by atoms with E-state index in [-0.39, 0.29) is 12.1 Å². The predicted octanol–water partition coefficient (Wildman–Crippen LogP) is 0.921. The Labute approximate surface area is 105 Å². The van der Waals surface area contributed by atoms with Gasteiger partial charge in [0.15, 0.2) is 0 Å². The molecule has 0 saturated heterocycles. The summed E-state index contributed by atoms with van der Waals surface area (Å²) in [5.74, 6) is 0. The molecule has 94 valence electrons. The molecule has 1 saturated carbocycles. The molecule has 1 aliphatic rings. The zero-order chi connectivity index (χ0) is 12.4. The summed E-state index contributed by atoms with van der Waals surface area (Å²) in [4.78, 5) is 0. The quantitative estimate of drug-likeness (QED) is 0.870. The van der Waals surface area contributed by atoms with Crippen LogP contribution in [0.15, 0.2) is 30.3 Å². The van der Waals surface area contributed by atoms with E-state index in [2.05, 4.69) is 15.5 Å². The van der Waals surface area contributed by atoms with E-state index in [0.717, 1.165) is 24.9 Å². The molecule has 3 rings (SSSR count). The maximum atomic E-state index is 5.86. The van der Waals surface area contributed by atoms with Crippen LogP contribution in [-0.2, 0) is 0 Å². The number of hydrogen-bond donors (Lipinski definition) is 1. The number of nitrogens with zero attached hydrogens (tertiary/aromatic N) is 4. The second-order valence-electron chi connectivity index (χ2n) is 4.52. The molecule has 1 aromatic heterocycles. The minimum Gasteiger partial charge on any atom is -0.459 e. The minimum absolute atomic E-state index is 0.119. The molecule has 1 aromatic carbocycles. The van der Waals surface area contributed by atoms with E-state index < -0.39 is 0 Å². The maximum absolute atomic E-state index is 5.86. The van der Waals surface area contributed by atoms with Crippen molar-refractivity contribution >= 4 is 0 Å². The molecule has 1 aliphatic carbocycles. The third-order valence-corrected chi connectivity index (χ3v) is 3.14. The zero-order valence-corrected chi connectivity index (χ0v) is 9.94. The van der Waals surface area contributed by atoms with Crippen molar-refractivity contribution in [2.45, 2.75) is 31.4 Å². The number of aromatic nitrogens is 4. The molecule has 6 nitrogen and oxygen atoms in total. The topological polar surface area (TPSA) is 78.8 Å². The number of tetrazole rings is 1. The Bertz CT molecular complexity index is 512. The molecule has 0 bridgehead atoms. The molecule has 0 radical (unpaired) electrons. The first-order chi connectivity index (χ1) is 8.83. The average molecular weight is 245 g/mol. The van der Waals surface area contributed by atoms with Crippen LogP contribution in [0.2, 0.25) is 0 Å². The highest BCUT2D eigenvalue weighted by atomic mass is 16.5. The van der Waals surface area contributed by atoms with Crippen molar-refractivity contribution in [2.75, 3.05) is 0 Å². The van der Waals surface area contributed by atoms with E-state index >= 15 is 0 Å². The zero-order valence-electron chi connectivity index (χ0n) is 9.94. The van der Waals surface area contributed by atoms with Gasteiger partial charge in [0.25, 0.3) is 0 Å². The van der Waals surface area contributed by atoms with Crippen molar-refractivity contribution in [1.29, 1.82) is 0 Å². The van der Waals surface area contributed by atoms with Crippen LogP contribution in [0.25, 0.3) is 5.69 Å². The van der Waals surface area contributed by atoms with Gasteiger partial charge in [-0.05, 0) is 41.8 Å². The molecule has 2 aromatic rings. The standard InChI is InChI=1S/C12H15N5O/c13-9-6-7-11(8-9)18-12-14-15-16-17(12)10-4-2-1-3-5-10/h1-5,9,11H,6-8,13H2. The molecule has 1 heterocycles. The van der Waals surface area contributed by atoms with Crippen LogP contribution in [0.5, 0.6) is 6.01 Å². The fraction of sp³-hybridized carbons (Fsp3) is 0.417. The molecule has 18 heavy (non-hydrogen) atoms. The Morgan fingerprint density at radius 2 is 2.06 bits per heavy atom. The van der Waals surface area contributed by atoms with E-state index in [1.165, 1.54) is 0 Å². The summed E-state index contributed by atoms with van der Waals surface area (Å²) >= 11 is 0. The van der Waals surface area contributed by atoms with Crippen molar-refractivity contribution < 1.29 is 4.74 Å². The predicted molar refractivity (Wildman–Crippen MR) is 65.4 cm³/mol. The first kappa shape index (κ1) is 11.2. The molecule has 2 N–H and O–H groups in total. The van der Waals surface area contributed by atoms with Gasteiger partial charge >= 0.3 is 6.01 Å². The van der Waals surface area contributed by atoms with Gasteiger partial charge in [0.05, 0.1) is 5.69 Å². The fourth-order valence-corrected chi connectivity index (χ4v) is 2.21. The third kappa shape index (κ3) is 2.19. The molecule has 2 unspecified atom stereocenters. The number of benzene rings is 1. The molecule has 6 heteroatoms. The summed E-state index contributed by atoms with van der Waals surface area (Å²) in [5.41, 5.74) is 6.75. The van der Waals surface area contributed by atoms with Crippen LogP contribution in [0.4, 0.5) is 0 Å². The molecular weight excluding hydrogens is 230 g/mol. The molecule has 2 atom stereocenters. The van der Waals surface area contributed by atoms with Gasteiger partial charge in [-0.3, -0.25) is 0 Å². The summed E-state index contributed by atoms with van der Waals surface area (Å²) in [6.07, 6.45) is 2.94.